The monoisotopic (exact) mass is 385 g/mol. The molecule has 2 saturated heterocycles. The molecule has 0 saturated carbocycles. The van der Waals surface area contributed by atoms with E-state index in [1.54, 1.807) is 6.20 Å². The van der Waals surface area contributed by atoms with Crippen LogP contribution in [0.3, 0.4) is 0 Å². The highest BCUT2D eigenvalue weighted by Gasteiger charge is 2.55. The minimum absolute atomic E-state index is 0.0439. The van der Waals surface area contributed by atoms with Gasteiger partial charge in [0.25, 0.3) is 0 Å². The van der Waals surface area contributed by atoms with Gasteiger partial charge in [-0.3, -0.25) is 4.79 Å². The quantitative estimate of drug-likeness (QED) is 0.875. The third kappa shape index (κ3) is 3.39. The summed E-state index contributed by atoms with van der Waals surface area (Å²) in [5, 5.41) is 0.661. The summed E-state index contributed by atoms with van der Waals surface area (Å²) in [4.78, 5) is 25.4. The molecule has 0 radical (unpaired) electrons. The maximum absolute atomic E-state index is 12.8. The Hall–Kier alpha value is -2.18. The maximum atomic E-state index is 12.8. The molecule has 2 aliphatic rings. The second kappa shape index (κ2) is 6.77. The van der Waals surface area contributed by atoms with E-state index >= 15 is 0 Å². The van der Waals surface area contributed by atoms with Crippen LogP contribution in [-0.2, 0) is 11.2 Å². The molecule has 1 spiro atoms. The highest BCUT2D eigenvalue weighted by Crippen LogP contribution is 2.48. The topological polar surface area (TPSA) is 75.4 Å². The van der Waals surface area contributed by atoms with Gasteiger partial charge in [-0.1, -0.05) is 23.7 Å². The van der Waals surface area contributed by atoms with Gasteiger partial charge in [0, 0.05) is 48.7 Å². The molecule has 1 amide bonds. The molecule has 1 aromatic carbocycles. The van der Waals surface area contributed by atoms with Crippen LogP contribution >= 0.6 is 11.6 Å². The van der Waals surface area contributed by atoms with E-state index < -0.39 is 0 Å². The van der Waals surface area contributed by atoms with Crippen LogP contribution in [0.1, 0.15) is 22.7 Å². The Morgan fingerprint density at radius 1 is 1.33 bits per heavy atom. The number of aryl methyl sites for hydroxylation is 1. The van der Waals surface area contributed by atoms with E-state index in [9.17, 15) is 4.79 Å². The van der Waals surface area contributed by atoms with Crippen molar-refractivity contribution in [3.05, 3.63) is 52.3 Å². The average molecular weight is 386 g/mol. The molecule has 27 heavy (non-hydrogen) atoms. The molecule has 0 bridgehead atoms. The molecule has 4 rings (SSSR count). The number of hydrogen-bond acceptors (Lipinski definition) is 5. The fourth-order valence-electron chi connectivity index (χ4n) is 4.49. The number of carbonyl (C=O) groups is 1. The van der Waals surface area contributed by atoms with Crippen LogP contribution in [0.25, 0.3) is 0 Å². The van der Waals surface area contributed by atoms with Crippen molar-refractivity contribution >= 4 is 23.5 Å². The zero-order valence-corrected chi connectivity index (χ0v) is 16.4. The van der Waals surface area contributed by atoms with Gasteiger partial charge in [0.2, 0.25) is 11.9 Å². The predicted molar refractivity (Wildman–Crippen MR) is 106 cm³/mol. The van der Waals surface area contributed by atoms with Crippen LogP contribution < -0.4 is 5.73 Å². The van der Waals surface area contributed by atoms with Crippen molar-refractivity contribution < 1.29 is 4.79 Å². The Kier molecular flexibility index (Phi) is 4.56. The Morgan fingerprint density at radius 2 is 2.11 bits per heavy atom. The van der Waals surface area contributed by atoms with Crippen LogP contribution in [0.2, 0.25) is 5.02 Å². The molecule has 1 atom stereocenters. The molecule has 2 fully saturated rings. The molecule has 7 heteroatoms. The number of amides is 1. The molecular weight excluding hydrogens is 362 g/mol. The highest BCUT2D eigenvalue weighted by molar-refractivity contribution is 6.31. The first-order chi connectivity index (χ1) is 12.9. The van der Waals surface area contributed by atoms with Crippen molar-refractivity contribution in [2.75, 3.05) is 39.0 Å². The van der Waals surface area contributed by atoms with Gasteiger partial charge >= 0.3 is 0 Å². The van der Waals surface area contributed by atoms with Crippen LogP contribution in [-0.4, -0.2) is 58.9 Å². The van der Waals surface area contributed by atoms with Crippen LogP contribution in [0.5, 0.6) is 0 Å². The first-order valence-electron chi connectivity index (χ1n) is 9.16. The summed E-state index contributed by atoms with van der Waals surface area (Å²) in [7, 11) is 2.11. The maximum Gasteiger partial charge on any atom is 0.227 e. The number of carbonyl (C=O) groups excluding carboxylic acids is 1. The van der Waals surface area contributed by atoms with Crippen molar-refractivity contribution in [3.63, 3.8) is 0 Å². The summed E-state index contributed by atoms with van der Waals surface area (Å²) in [5.41, 5.74) is 8.78. The summed E-state index contributed by atoms with van der Waals surface area (Å²) in [6.07, 6.45) is 2.06. The molecule has 2 N–H and O–H groups in total. The average Bonchev–Trinajstić information content (AvgIpc) is 2.93. The second-order valence-corrected chi connectivity index (χ2v) is 8.38. The molecule has 1 aromatic heterocycles. The van der Waals surface area contributed by atoms with Gasteiger partial charge in [-0.25, -0.2) is 9.97 Å². The largest absolute Gasteiger partial charge is 0.368 e. The van der Waals surface area contributed by atoms with Crippen LogP contribution in [0.4, 0.5) is 5.95 Å². The molecule has 1 unspecified atom stereocenters. The van der Waals surface area contributed by atoms with Crippen molar-refractivity contribution in [1.82, 2.24) is 19.8 Å². The van der Waals surface area contributed by atoms with E-state index in [0.29, 0.717) is 17.4 Å². The molecule has 2 aliphatic heterocycles. The van der Waals surface area contributed by atoms with Crippen molar-refractivity contribution in [2.24, 2.45) is 5.41 Å². The number of anilines is 1. The molecular formula is C20H24ClN5O. The lowest BCUT2D eigenvalue weighted by Gasteiger charge is -2.51. The smallest absolute Gasteiger partial charge is 0.227 e. The summed E-state index contributed by atoms with van der Waals surface area (Å²) in [6, 6.07) is 7.79. The zero-order valence-electron chi connectivity index (χ0n) is 15.7. The van der Waals surface area contributed by atoms with Gasteiger partial charge in [0.1, 0.15) is 0 Å². The van der Waals surface area contributed by atoms with Crippen molar-refractivity contribution in [2.45, 2.75) is 19.3 Å². The summed E-state index contributed by atoms with van der Waals surface area (Å²) in [6.45, 7) is 5.36. The third-order valence-electron chi connectivity index (χ3n) is 5.79. The molecule has 6 nitrogen and oxygen atoms in total. The van der Waals surface area contributed by atoms with E-state index in [2.05, 4.69) is 21.9 Å². The molecule has 0 aliphatic carbocycles. The minimum atomic E-state index is 0.0439. The number of nitrogens with two attached hydrogens (primary N) is 1. The number of nitrogens with zero attached hydrogens (tertiary/aromatic N) is 4. The number of halogens is 1. The van der Waals surface area contributed by atoms with Gasteiger partial charge in [0.15, 0.2) is 0 Å². The molecule has 142 valence electrons. The number of likely N-dealkylation sites (tertiary alicyclic amines) is 2. The number of hydrogen-bond donors (Lipinski definition) is 1. The Bertz CT molecular complexity index is 880. The molecule has 2 aromatic rings. The van der Waals surface area contributed by atoms with Gasteiger partial charge in [-0.05, 0) is 37.2 Å². The number of likely N-dealkylation sites (N-methyl/N-ethyl adjacent to an activating group) is 1. The lowest BCUT2D eigenvalue weighted by Crippen LogP contribution is -2.61. The van der Waals surface area contributed by atoms with E-state index in [4.69, 9.17) is 17.3 Å². The van der Waals surface area contributed by atoms with Crippen molar-refractivity contribution in [3.8, 4) is 0 Å². The van der Waals surface area contributed by atoms with E-state index in [1.807, 2.05) is 36.1 Å². The Morgan fingerprint density at radius 3 is 2.81 bits per heavy atom. The third-order valence-corrected chi connectivity index (χ3v) is 6.14. The zero-order chi connectivity index (χ0) is 19.2. The normalized spacial score (nSPS) is 21.4. The van der Waals surface area contributed by atoms with E-state index in [1.165, 1.54) is 0 Å². The summed E-state index contributed by atoms with van der Waals surface area (Å²) in [5.74, 6) is 0.695. The SMILES string of the molecule is Cc1ccc(CC(=O)N2CC3(CN(C)CC3c3ccnc(N)n3)C2)c(Cl)c1. The van der Waals surface area contributed by atoms with Crippen molar-refractivity contribution in [1.29, 1.82) is 0 Å². The van der Waals surface area contributed by atoms with E-state index in [0.717, 1.165) is 43.0 Å². The summed E-state index contributed by atoms with van der Waals surface area (Å²) >= 11 is 6.29. The number of aromatic nitrogens is 2. The first kappa shape index (κ1) is 18.2. The lowest BCUT2D eigenvalue weighted by molar-refractivity contribution is -0.142. The fraction of sp³-hybridized carbons (Fsp3) is 0.450. The standard InChI is InChI=1S/C20H24ClN5O/c1-13-3-4-14(16(21)7-13)8-18(27)26-11-20(12-26)10-25(2)9-15(20)17-5-6-23-19(22)24-17/h3-7,15H,8-12H2,1-2H3,(H2,22,23,24). The van der Waals surface area contributed by atoms with Gasteiger partial charge in [0.05, 0.1) is 12.1 Å². The lowest BCUT2D eigenvalue weighted by atomic mass is 9.70. The Labute approximate surface area is 164 Å². The fourth-order valence-corrected chi connectivity index (χ4v) is 4.79. The highest BCUT2D eigenvalue weighted by atomic mass is 35.5. The summed E-state index contributed by atoms with van der Waals surface area (Å²) < 4.78 is 0. The van der Waals surface area contributed by atoms with Gasteiger partial charge in [-0.15, -0.1) is 0 Å². The second-order valence-electron chi connectivity index (χ2n) is 7.97. The minimum Gasteiger partial charge on any atom is -0.368 e. The van der Waals surface area contributed by atoms with Gasteiger partial charge < -0.3 is 15.5 Å². The number of nitrogen functional groups attached to an aromatic ring is 1. The van der Waals surface area contributed by atoms with Gasteiger partial charge in [-0.2, -0.15) is 0 Å². The van der Waals surface area contributed by atoms with Crippen LogP contribution in [0.15, 0.2) is 30.5 Å². The molecule has 3 heterocycles. The first-order valence-corrected chi connectivity index (χ1v) is 9.54. The van der Waals surface area contributed by atoms with Crippen LogP contribution in [0, 0.1) is 12.3 Å². The Balaban J connectivity index is 1.47. The predicted octanol–water partition coefficient (Wildman–Crippen LogP) is 2.12. The number of benzene rings is 1. The number of rotatable bonds is 3. The van der Waals surface area contributed by atoms with E-state index in [-0.39, 0.29) is 17.2 Å².